The van der Waals surface area contributed by atoms with Crippen molar-refractivity contribution in [2.45, 2.75) is 50.1 Å². The van der Waals surface area contributed by atoms with Gasteiger partial charge in [0.15, 0.2) is 0 Å². The highest BCUT2D eigenvalue weighted by Crippen LogP contribution is 2.26. The molecule has 0 bridgehead atoms. The molecule has 1 amide bonds. The number of ether oxygens (including phenoxy) is 1. The van der Waals surface area contributed by atoms with E-state index in [4.69, 9.17) is 10.5 Å². The molecule has 1 aliphatic carbocycles. The van der Waals surface area contributed by atoms with Crippen LogP contribution in [0, 0.1) is 0 Å². The Hall–Kier alpha value is -0.650. The van der Waals surface area contributed by atoms with Gasteiger partial charge in [0.2, 0.25) is 5.91 Å². The van der Waals surface area contributed by atoms with E-state index < -0.39 is 5.54 Å². The highest BCUT2D eigenvalue weighted by Gasteiger charge is 2.40. The number of hydrogen-bond acceptors (Lipinski definition) is 4. The molecule has 0 spiro atoms. The molecule has 114 valence electrons. The van der Waals surface area contributed by atoms with Crippen LogP contribution in [0.5, 0.6) is 0 Å². The monoisotopic (exact) mass is 281 g/mol. The molecule has 3 rings (SSSR count). The Bertz CT molecular complexity index is 341. The fourth-order valence-electron chi connectivity index (χ4n) is 3.82. The van der Waals surface area contributed by atoms with Gasteiger partial charge in [-0.05, 0) is 25.7 Å². The van der Waals surface area contributed by atoms with Crippen LogP contribution in [-0.4, -0.2) is 66.7 Å². The molecule has 5 heteroatoms. The Kier molecular flexibility index (Phi) is 4.29. The molecule has 0 aromatic rings. The summed E-state index contributed by atoms with van der Waals surface area (Å²) in [6, 6.07) is 0.766. The lowest BCUT2D eigenvalue weighted by Gasteiger charge is -2.42. The lowest BCUT2D eigenvalue weighted by Crippen LogP contribution is -2.61. The van der Waals surface area contributed by atoms with E-state index in [0.29, 0.717) is 26.1 Å². The van der Waals surface area contributed by atoms with Gasteiger partial charge < -0.3 is 15.4 Å². The van der Waals surface area contributed by atoms with Crippen molar-refractivity contribution < 1.29 is 9.53 Å². The third kappa shape index (κ3) is 2.85. The minimum atomic E-state index is -0.673. The first-order valence-electron chi connectivity index (χ1n) is 8.09. The lowest BCUT2D eigenvalue weighted by atomic mass is 9.89. The fourth-order valence-corrected chi connectivity index (χ4v) is 3.82. The second-order valence-corrected chi connectivity index (χ2v) is 6.53. The predicted octanol–water partition coefficient (Wildman–Crippen LogP) is 0.581. The van der Waals surface area contributed by atoms with E-state index in [1.54, 1.807) is 0 Å². The first-order chi connectivity index (χ1) is 9.69. The molecule has 5 nitrogen and oxygen atoms in total. The van der Waals surface area contributed by atoms with E-state index in [0.717, 1.165) is 32.2 Å². The van der Waals surface area contributed by atoms with E-state index in [1.165, 1.54) is 25.7 Å². The highest BCUT2D eigenvalue weighted by molar-refractivity contribution is 5.86. The van der Waals surface area contributed by atoms with Gasteiger partial charge >= 0.3 is 0 Å². The van der Waals surface area contributed by atoms with Gasteiger partial charge in [-0.25, -0.2) is 0 Å². The molecule has 0 unspecified atom stereocenters. The Balaban J connectivity index is 1.53. The van der Waals surface area contributed by atoms with Crippen molar-refractivity contribution in [2.24, 2.45) is 5.73 Å². The summed E-state index contributed by atoms with van der Waals surface area (Å²) >= 11 is 0. The maximum absolute atomic E-state index is 12.6. The molecule has 1 saturated carbocycles. The van der Waals surface area contributed by atoms with Gasteiger partial charge in [-0.3, -0.25) is 9.69 Å². The average Bonchev–Trinajstić information content (AvgIpc) is 3.02. The smallest absolute Gasteiger partial charge is 0.242 e. The van der Waals surface area contributed by atoms with Gasteiger partial charge in [-0.2, -0.15) is 0 Å². The van der Waals surface area contributed by atoms with Gasteiger partial charge in [0.1, 0.15) is 0 Å². The first kappa shape index (κ1) is 14.3. The predicted molar refractivity (Wildman–Crippen MR) is 77.4 cm³/mol. The van der Waals surface area contributed by atoms with Crippen molar-refractivity contribution in [1.82, 2.24) is 9.80 Å². The fraction of sp³-hybridized carbons (Fsp3) is 0.933. The summed E-state index contributed by atoms with van der Waals surface area (Å²) in [6.45, 7) is 4.95. The van der Waals surface area contributed by atoms with Gasteiger partial charge in [-0.1, -0.05) is 12.8 Å². The van der Waals surface area contributed by atoms with E-state index >= 15 is 0 Å². The number of carbonyl (C=O) groups is 1. The maximum atomic E-state index is 12.6. The van der Waals surface area contributed by atoms with Crippen molar-refractivity contribution in [3.63, 3.8) is 0 Å². The molecule has 0 aromatic carbocycles. The van der Waals surface area contributed by atoms with Crippen LogP contribution in [0.25, 0.3) is 0 Å². The molecule has 3 aliphatic rings. The zero-order chi connectivity index (χ0) is 14.0. The number of hydrogen-bond donors (Lipinski definition) is 1. The number of carbonyl (C=O) groups excluding carboxylic acids is 1. The van der Waals surface area contributed by atoms with Gasteiger partial charge in [0.25, 0.3) is 0 Å². The largest absolute Gasteiger partial charge is 0.381 e. The number of rotatable bonds is 2. The van der Waals surface area contributed by atoms with E-state index in [2.05, 4.69) is 4.90 Å². The van der Waals surface area contributed by atoms with E-state index in [-0.39, 0.29) is 5.91 Å². The number of amides is 1. The summed E-state index contributed by atoms with van der Waals surface area (Å²) in [5.41, 5.74) is 5.63. The standard InChI is InChI=1S/C15H27N3O2/c16-15(5-11-20-12-6-15)14(19)18-9-7-17(8-10-18)13-3-1-2-4-13/h13H,1-12,16H2. The molecule has 0 atom stereocenters. The second-order valence-electron chi connectivity index (χ2n) is 6.53. The zero-order valence-corrected chi connectivity index (χ0v) is 12.4. The summed E-state index contributed by atoms with van der Waals surface area (Å²) in [4.78, 5) is 17.2. The van der Waals surface area contributed by atoms with Crippen LogP contribution in [-0.2, 0) is 9.53 Å². The van der Waals surface area contributed by atoms with Crippen LogP contribution in [0.1, 0.15) is 38.5 Å². The normalized spacial score (nSPS) is 28.8. The van der Waals surface area contributed by atoms with Gasteiger partial charge in [-0.15, -0.1) is 0 Å². The van der Waals surface area contributed by atoms with Crippen LogP contribution in [0.4, 0.5) is 0 Å². The van der Waals surface area contributed by atoms with Crippen LogP contribution in [0.15, 0.2) is 0 Å². The van der Waals surface area contributed by atoms with Crippen molar-refractivity contribution >= 4 is 5.91 Å². The molecule has 2 aliphatic heterocycles. The van der Waals surface area contributed by atoms with Gasteiger partial charge in [0, 0.05) is 45.4 Å². The van der Waals surface area contributed by atoms with Crippen molar-refractivity contribution in [1.29, 1.82) is 0 Å². The maximum Gasteiger partial charge on any atom is 0.242 e. The third-order valence-electron chi connectivity index (χ3n) is 5.25. The molecule has 2 heterocycles. The van der Waals surface area contributed by atoms with Crippen molar-refractivity contribution in [3.8, 4) is 0 Å². The topological polar surface area (TPSA) is 58.8 Å². The molecule has 3 fully saturated rings. The molecule has 2 saturated heterocycles. The number of nitrogens with zero attached hydrogens (tertiary/aromatic N) is 2. The summed E-state index contributed by atoms with van der Waals surface area (Å²) < 4.78 is 5.33. The quantitative estimate of drug-likeness (QED) is 0.804. The van der Waals surface area contributed by atoms with Crippen molar-refractivity contribution in [2.75, 3.05) is 39.4 Å². The summed E-state index contributed by atoms with van der Waals surface area (Å²) in [5, 5.41) is 0. The minimum Gasteiger partial charge on any atom is -0.381 e. The Morgan fingerprint density at radius 1 is 1.05 bits per heavy atom. The number of nitrogens with two attached hydrogens (primary N) is 1. The number of piperazine rings is 1. The van der Waals surface area contributed by atoms with Gasteiger partial charge in [0.05, 0.1) is 5.54 Å². The van der Waals surface area contributed by atoms with Crippen LogP contribution in [0.3, 0.4) is 0 Å². The second kappa shape index (κ2) is 6.00. The van der Waals surface area contributed by atoms with Crippen LogP contribution >= 0.6 is 0 Å². The average molecular weight is 281 g/mol. The lowest BCUT2D eigenvalue weighted by molar-refractivity contribution is -0.142. The Labute approximate surface area is 121 Å². The summed E-state index contributed by atoms with van der Waals surface area (Å²) in [7, 11) is 0. The molecule has 2 N–H and O–H groups in total. The van der Waals surface area contributed by atoms with E-state index in [1.807, 2.05) is 4.90 Å². The zero-order valence-electron chi connectivity index (χ0n) is 12.4. The Morgan fingerprint density at radius 3 is 2.25 bits per heavy atom. The molecule has 20 heavy (non-hydrogen) atoms. The van der Waals surface area contributed by atoms with E-state index in [9.17, 15) is 4.79 Å². The molecular formula is C15H27N3O2. The highest BCUT2D eigenvalue weighted by atomic mass is 16.5. The summed E-state index contributed by atoms with van der Waals surface area (Å²) in [5.74, 6) is 0.145. The molecule has 0 aromatic heterocycles. The summed E-state index contributed by atoms with van der Waals surface area (Å²) in [6.07, 6.45) is 6.74. The van der Waals surface area contributed by atoms with Crippen LogP contribution in [0.2, 0.25) is 0 Å². The Morgan fingerprint density at radius 2 is 1.65 bits per heavy atom. The van der Waals surface area contributed by atoms with Crippen LogP contribution < -0.4 is 5.73 Å². The minimum absolute atomic E-state index is 0.145. The molecular weight excluding hydrogens is 254 g/mol. The molecule has 0 radical (unpaired) electrons. The SMILES string of the molecule is NC1(C(=O)N2CCN(C3CCCC3)CC2)CCOCC1. The third-order valence-corrected chi connectivity index (χ3v) is 5.25. The van der Waals surface area contributed by atoms with Crippen molar-refractivity contribution in [3.05, 3.63) is 0 Å². The first-order valence-corrected chi connectivity index (χ1v) is 8.09.